The van der Waals surface area contributed by atoms with Crippen molar-refractivity contribution < 1.29 is 19.4 Å². The van der Waals surface area contributed by atoms with Gasteiger partial charge in [0.1, 0.15) is 22.5 Å². The number of aryl methyl sites for hydroxylation is 2. The topological polar surface area (TPSA) is 107 Å². The van der Waals surface area contributed by atoms with E-state index in [9.17, 15) is 14.7 Å². The van der Waals surface area contributed by atoms with Crippen molar-refractivity contribution in [1.29, 1.82) is 0 Å². The number of hydrogen-bond donors (Lipinski definition) is 1. The Morgan fingerprint density at radius 3 is 2.19 bits per heavy atom. The summed E-state index contributed by atoms with van der Waals surface area (Å²) in [4.78, 5) is 31.4. The maximum absolute atomic E-state index is 12.1. The number of carbonyl (C=O) groups excluding carboxylic acids is 1. The predicted molar refractivity (Wildman–Crippen MR) is 167 cm³/mol. The Kier molecular flexibility index (Phi) is 8.13. The van der Waals surface area contributed by atoms with Crippen molar-refractivity contribution in [3.8, 4) is 16.1 Å². The summed E-state index contributed by atoms with van der Waals surface area (Å²) < 4.78 is 7.37. The van der Waals surface area contributed by atoms with E-state index in [-0.39, 0.29) is 11.7 Å². The molecule has 2 atom stereocenters. The molecule has 8 nitrogen and oxygen atoms in total. The molecule has 0 saturated carbocycles. The van der Waals surface area contributed by atoms with Gasteiger partial charge in [0.25, 0.3) is 0 Å². The Bertz CT molecular complexity index is 1680. The summed E-state index contributed by atoms with van der Waals surface area (Å²) in [6, 6.07) is 15.6. The van der Waals surface area contributed by atoms with Crippen LogP contribution in [0.5, 0.6) is 0 Å². The molecule has 0 radical (unpaired) electrons. The van der Waals surface area contributed by atoms with Crippen LogP contribution in [0.3, 0.4) is 0 Å². The number of carboxylic acids is 1. The summed E-state index contributed by atoms with van der Waals surface area (Å²) in [6.45, 7) is 13.3. The maximum Gasteiger partial charge on any atom is 0.316 e. The van der Waals surface area contributed by atoms with Gasteiger partial charge in [-0.1, -0.05) is 36.4 Å². The van der Waals surface area contributed by atoms with Gasteiger partial charge in [0, 0.05) is 20.9 Å². The van der Waals surface area contributed by atoms with Crippen molar-refractivity contribution in [2.45, 2.75) is 65.0 Å². The molecule has 0 bridgehead atoms. The number of hydrogen-bond acceptors (Lipinski definition) is 8. The molecule has 2 aromatic carbocycles. The van der Waals surface area contributed by atoms with Gasteiger partial charge in [-0.25, -0.2) is 0 Å². The molecule has 3 heterocycles. The van der Waals surface area contributed by atoms with Crippen molar-refractivity contribution in [3.63, 3.8) is 0 Å². The van der Waals surface area contributed by atoms with Crippen molar-refractivity contribution in [2.24, 2.45) is 10.9 Å². The zero-order chi connectivity index (χ0) is 30.3. The zero-order valence-corrected chi connectivity index (χ0v) is 26.4. The first-order chi connectivity index (χ1) is 19.8. The molecule has 218 valence electrons. The van der Waals surface area contributed by atoms with E-state index in [4.69, 9.17) is 9.73 Å². The summed E-state index contributed by atoms with van der Waals surface area (Å²) in [5.74, 6) is -0.452. The number of aliphatic imine (C=N–C) groups is 1. The monoisotopic (exact) mass is 602 g/mol. The standard InChI is InChI=1S/C32H34N4O4S2/c1-17-19(3)42-30-26(17)28(33-27(18(2)31(38)39)29-35-34-20(4)36(29)30)23-10-8-21(9-11-23)22-12-14-24(15-13-22)41-16-25(37)40-32(5,6)7/h8-15,18,27H,16H2,1-7H3,(H,38,39)/t18?,27-/m0/s1. The SMILES string of the molecule is Cc1sc2c(c1C)C(c1ccc(-c3ccc(SCC(=O)OC(C)(C)C)cc3)cc1)=N[C@@H](C(C)C(=O)O)c1nnc(C)n1-2. The molecule has 1 N–H and O–H groups in total. The van der Waals surface area contributed by atoms with Crippen molar-refractivity contribution in [1.82, 2.24) is 14.8 Å². The van der Waals surface area contributed by atoms with E-state index in [1.54, 1.807) is 18.3 Å². The molecule has 0 saturated heterocycles. The van der Waals surface area contributed by atoms with Crippen molar-refractivity contribution in [2.75, 3.05) is 5.75 Å². The first-order valence-electron chi connectivity index (χ1n) is 13.7. The number of carboxylic acid groups (broad SMARTS) is 1. The highest BCUT2D eigenvalue weighted by atomic mass is 32.2. The lowest BCUT2D eigenvalue weighted by Gasteiger charge is -2.19. The van der Waals surface area contributed by atoms with Gasteiger partial charge in [0.15, 0.2) is 5.82 Å². The number of fused-ring (bicyclic) bond motifs is 3. The van der Waals surface area contributed by atoms with Crippen LogP contribution in [0.1, 0.15) is 67.0 Å². The van der Waals surface area contributed by atoms with E-state index >= 15 is 0 Å². The van der Waals surface area contributed by atoms with E-state index in [1.807, 2.05) is 68.7 Å². The van der Waals surface area contributed by atoms with Gasteiger partial charge in [-0.05, 0) is 77.3 Å². The summed E-state index contributed by atoms with van der Waals surface area (Å²) >= 11 is 3.10. The predicted octanol–water partition coefficient (Wildman–Crippen LogP) is 6.97. The first kappa shape index (κ1) is 29.7. The van der Waals surface area contributed by atoms with E-state index in [1.165, 1.54) is 11.8 Å². The minimum atomic E-state index is -0.934. The van der Waals surface area contributed by atoms with E-state index in [0.29, 0.717) is 11.6 Å². The van der Waals surface area contributed by atoms with Crippen molar-refractivity contribution in [3.05, 3.63) is 81.7 Å². The van der Waals surface area contributed by atoms with Crippen LogP contribution in [0.4, 0.5) is 0 Å². The number of rotatable bonds is 7. The highest BCUT2D eigenvalue weighted by Gasteiger charge is 2.36. The summed E-state index contributed by atoms with van der Waals surface area (Å²) in [6.07, 6.45) is 0. The molecule has 1 aliphatic rings. The third kappa shape index (κ3) is 5.91. The largest absolute Gasteiger partial charge is 0.481 e. The van der Waals surface area contributed by atoms with Crippen molar-refractivity contribution >= 4 is 40.7 Å². The number of nitrogens with zero attached hydrogens (tertiary/aromatic N) is 4. The summed E-state index contributed by atoms with van der Waals surface area (Å²) in [5, 5.41) is 19.6. The number of benzene rings is 2. The molecule has 0 amide bonds. The number of ether oxygens (including phenoxy) is 1. The molecule has 1 unspecified atom stereocenters. The molecule has 2 aromatic heterocycles. The van der Waals surface area contributed by atoms with Crippen LogP contribution in [0.15, 0.2) is 58.4 Å². The average molecular weight is 603 g/mol. The molecular weight excluding hydrogens is 569 g/mol. The number of thioether (sulfide) groups is 1. The minimum Gasteiger partial charge on any atom is -0.481 e. The highest BCUT2D eigenvalue weighted by molar-refractivity contribution is 8.00. The Labute approximate surface area is 253 Å². The average Bonchev–Trinajstić information content (AvgIpc) is 3.40. The smallest absolute Gasteiger partial charge is 0.316 e. The van der Waals surface area contributed by atoms with Gasteiger partial charge in [-0.3, -0.25) is 19.1 Å². The second-order valence-corrected chi connectivity index (χ2v) is 13.7. The quantitative estimate of drug-likeness (QED) is 0.180. The van der Waals surface area contributed by atoms with Crippen LogP contribution >= 0.6 is 23.1 Å². The Morgan fingerprint density at radius 1 is 1.00 bits per heavy atom. The third-order valence-corrected chi connectivity index (χ3v) is 9.35. The van der Waals surface area contributed by atoms with Gasteiger partial charge in [-0.2, -0.15) is 0 Å². The van der Waals surface area contributed by atoms with Crippen LogP contribution in [-0.2, 0) is 14.3 Å². The summed E-state index contributed by atoms with van der Waals surface area (Å²) in [7, 11) is 0. The molecular formula is C32H34N4O4S2. The number of aliphatic carboxylic acids is 1. The molecule has 0 aliphatic carbocycles. The number of esters is 1. The third-order valence-electron chi connectivity index (χ3n) is 7.18. The van der Waals surface area contributed by atoms with Crippen LogP contribution in [0, 0.1) is 26.7 Å². The molecule has 42 heavy (non-hydrogen) atoms. The molecule has 4 aromatic rings. The second-order valence-electron chi connectivity index (χ2n) is 11.4. The van der Waals surface area contributed by atoms with Gasteiger partial charge < -0.3 is 9.84 Å². The fourth-order valence-corrected chi connectivity index (χ4v) is 6.78. The lowest BCUT2D eigenvalue weighted by Crippen LogP contribution is -2.24. The molecule has 1 aliphatic heterocycles. The first-order valence-corrected chi connectivity index (χ1v) is 15.5. The number of carbonyl (C=O) groups is 2. The zero-order valence-electron chi connectivity index (χ0n) is 24.8. The normalized spacial score (nSPS) is 15.3. The van der Waals surface area contributed by atoms with Gasteiger partial charge >= 0.3 is 11.9 Å². The number of aromatic nitrogens is 3. The molecule has 10 heteroatoms. The Hall–Kier alpha value is -3.76. The van der Waals surface area contributed by atoms with Crippen LogP contribution in [-0.4, -0.2) is 48.9 Å². The molecule has 5 rings (SSSR count). The minimum absolute atomic E-state index is 0.234. The Morgan fingerprint density at radius 2 is 1.60 bits per heavy atom. The fraction of sp³-hybridized carbons (Fsp3) is 0.344. The van der Waals surface area contributed by atoms with E-state index in [2.05, 4.69) is 36.2 Å². The maximum atomic E-state index is 12.1. The molecule has 0 spiro atoms. The fourth-order valence-electron chi connectivity index (χ4n) is 4.89. The lowest BCUT2D eigenvalue weighted by atomic mass is 9.96. The highest BCUT2D eigenvalue weighted by Crippen LogP contribution is 2.41. The number of thiophene rings is 1. The van der Waals surface area contributed by atoms with Gasteiger partial charge in [0.05, 0.1) is 17.4 Å². The lowest BCUT2D eigenvalue weighted by molar-refractivity contribution is -0.151. The van der Waals surface area contributed by atoms with E-state index in [0.717, 1.165) is 48.3 Å². The Balaban J connectivity index is 1.46. The van der Waals surface area contributed by atoms with Crippen LogP contribution < -0.4 is 0 Å². The van der Waals surface area contributed by atoms with E-state index < -0.39 is 23.5 Å². The van der Waals surface area contributed by atoms with Crippen LogP contribution in [0.2, 0.25) is 0 Å². The molecule has 0 fully saturated rings. The van der Waals surface area contributed by atoms with Gasteiger partial charge in [-0.15, -0.1) is 33.3 Å². The van der Waals surface area contributed by atoms with Gasteiger partial charge in [0.2, 0.25) is 0 Å². The summed E-state index contributed by atoms with van der Waals surface area (Å²) in [5.41, 5.74) is 5.36. The second kappa shape index (κ2) is 11.5. The van der Waals surface area contributed by atoms with Crippen LogP contribution in [0.25, 0.3) is 16.1 Å².